The van der Waals surface area contributed by atoms with Crippen molar-refractivity contribution in [3.8, 4) is 0 Å². The molecule has 7 nitrogen and oxygen atoms in total. The van der Waals surface area contributed by atoms with Crippen molar-refractivity contribution in [3.63, 3.8) is 0 Å². The van der Waals surface area contributed by atoms with E-state index in [-0.39, 0.29) is 29.5 Å². The van der Waals surface area contributed by atoms with Crippen molar-refractivity contribution in [1.82, 2.24) is 9.29 Å². The lowest BCUT2D eigenvalue weighted by Gasteiger charge is -2.09. The third-order valence-electron chi connectivity index (χ3n) is 5.35. The Morgan fingerprint density at radius 3 is 2.53 bits per heavy atom. The molecule has 1 amide bonds. The standard InChI is InChI=1S/C24H25N3O4S/c1-3-27-22-10-5-4-9-20(22)21-16-18(11-12-23(21)27)26-24(28)17-7-6-8-19(15-17)32(29,30)25-13-14-31-2/h4-12,15-16,25H,3,13-14H2,1-2H3,(H,26,28). The lowest BCUT2D eigenvalue weighted by atomic mass is 10.1. The Kier molecular flexibility index (Phi) is 6.27. The number of carbonyl (C=O) groups excluding carboxylic acids is 1. The van der Waals surface area contributed by atoms with E-state index in [1.54, 1.807) is 12.1 Å². The minimum atomic E-state index is -3.73. The third-order valence-corrected chi connectivity index (χ3v) is 6.81. The molecule has 4 rings (SSSR count). The van der Waals surface area contributed by atoms with Crippen LogP contribution in [0.2, 0.25) is 0 Å². The van der Waals surface area contributed by atoms with E-state index in [1.165, 1.54) is 19.2 Å². The fraction of sp³-hybridized carbons (Fsp3) is 0.208. The number of aryl methyl sites for hydroxylation is 1. The molecular formula is C24H25N3O4S. The number of para-hydroxylation sites is 1. The predicted octanol–water partition coefficient (Wildman–Crippen LogP) is 3.99. The molecule has 0 aliphatic heterocycles. The Morgan fingerprint density at radius 2 is 1.75 bits per heavy atom. The van der Waals surface area contributed by atoms with Crippen LogP contribution in [0.15, 0.2) is 71.6 Å². The summed E-state index contributed by atoms with van der Waals surface area (Å²) in [6.07, 6.45) is 0. The summed E-state index contributed by atoms with van der Waals surface area (Å²) >= 11 is 0. The van der Waals surface area contributed by atoms with Crippen LogP contribution in [-0.4, -0.2) is 39.2 Å². The van der Waals surface area contributed by atoms with E-state index in [0.717, 1.165) is 28.4 Å². The van der Waals surface area contributed by atoms with Crippen LogP contribution < -0.4 is 10.0 Å². The van der Waals surface area contributed by atoms with Crippen molar-refractivity contribution in [2.45, 2.75) is 18.4 Å². The van der Waals surface area contributed by atoms with E-state index in [4.69, 9.17) is 4.74 Å². The molecule has 2 N–H and O–H groups in total. The van der Waals surface area contributed by atoms with Gasteiger partial charge in [0.05, 0.1) is 11.5 Å². The van der Waals surface area contributed by atoms with Gasteiger partial charge in [-0.2, -0.15) is 0 Å². The Morgan fingerprint density at radius 1 is 0.969 bits per heavy atom. The van der Waals surface area contributed by atoms with E-state index in [2.05, 4.69) is 33.7 Å². The van der Waals surface area contributed by atoms with Crippen LogP contribution in [-0.2, 0) is 21.3 Å². The number of amides is 1. The molecule has 3 aromatic carbocycles. The van der Waals surface area contributed by atoms with E-state index in [1.807, 2.05) is 30.3 Å². The maximum Gasteiger partial charge on any atom is 0.255 e. The van der Waals surface area contributed by atoms with Gasteiger partial charge >= 0.3 is 0 Å². The Hall–Kier alpha value is -3.20. The number of anilines is 1. The van der Waals surface area contributed by atoms with Crippen LogP contribution >= 0.6 is 0 Å². The molecular weight excluding hydrogens is 426 g/mol. The van der Waals surface area contributed by atoms with Gasteiger partial charge in [0.2, 0.25) is 10.0 Å². The maximum absolute atomic E-state index is 12.9. The first-order chi connectivity index (χ1) is 15.4. The lowest BCUT2D eigenvalue weighted by Crippen LogP contribution is -2.27. The Bertz CT molecular complexity index is 1390. The number of carbonyl (C=O) groups is 1. The molecule has 8 heteroatoms. The summed E-state index contributed by atoms with van der Waals surface area (Å²) in [4.78, 5) is 12.9. The highest BCUT2D eigenvalue weighted by Crippen LogP contribution is 2.31. The van der Waals surface area contributed by atoms with Gasteiger partial charge in [0.1, 0.15) is 0 Å². The average Bonchev–Trinajstić information content (AvgIpc) is 3.12. The highest BCUT2D eigenvalue weighted by Gasteiger charge is 2.16. The van der Waals surface area contributed by atoms with Crippen molar-refractivity contribution in [1.29, 1.82) is 0 Å². The average molecular weight is 452 g/mol. The van der Waals surface area contributed by atoms with E-state index in [9.17, 15) is 13.2 Å². The van der Waals surface area contributed by atoms with Gasteiger partial charge in [0.15, 0.2) is 0 Å². The minimum absolute atomic E-state index is 0.0303. The molecule has 0 saturated heterocycles. The van der Waals surface area contributed by atoms with Crippen LogP contribution in [0.5, 0.6) is 0 Å². The van der Waals surface area contributed by atoms with Crippen molar-refractivity contribution in [2.75, 3.05) is 25.6 Å². The summed E-state index contributed by atoms with van der Waals surface area (Å²) in [6, 6.07) is 19.9. The van der Waals surface area contributed by atoms with Crippen molar-refractivity contribution < 1.29 is 17.9 Å². The zero-order valence-corrected chi connectivity index (χ0v) is 18.8. The summed E-state index contributed by atoms with van der Waals surface area (Å²) in [7, 11) is -2.23. The van der Waals surface area contributed by atoms with Gasteiger partial charge in [-0.25, -0.2) is 13.1 Å². The minimum Gasteiger partial charge on any atom is -0.383 e. The van der Waals surface area contributed by atoms with Crippen molar-refractivity contribution in [2.24, 2.45) is 0 Å². The molecule has 0 aliphatic rings. The second kappa shape index (κ2) is 9.12. The quantitative estimate of drug-likeness (QED) is 0.397. The number of fused-ring (bicyclic) bond motifs is 3. The maximum atomic E-state index is 12.9. The third kappa shape index (κ3) is 4.25. The highest BCUT2D eigenvalue weighted by atomic mass is 32.2. The van der Waals surface area contributed by atoms with Gasteiger partial charge in [-0.15, -0.1) is 0 Å². The molecule has 166 valence electrons. The van der Waals surface area contributed by atoms with E-state index < -0.39 is 10.0 Å². The molecule has 0 saturated carbocycles. The van der Waals surface area contributed by atoms with E-state index in [0.29, 0.717) is 5.69 Å². The number of nitrogens with zero attached hydrogens (tertiary/aromatic N) is 1. The number of sulfonamides is 1. The Balaban J connectivity index is 1.61. The fourth-order valence-electron chi connectivity index (χ4n) is 3.84. The molecule has 0 spiro atoms. The number of rotatable bonds is 8. The second-order valence-corrected chi connectivity index (χ2v) is 9.13. The van der Waals surface area contributed by atoms with Crippen LogP contribution in [0.1, 0.15) is 17.3 Å². The largest absolute Gasteiger partial charge is 0.383 e. The lowest BCUT2D eigenvalue weighted by molar-refractivity contribution is 0.102. The van der Waals surface area contributed by atoms with Crippen LogP contribution in [0.4, 0.5) is 5.69 Å². The Labute approximate surface area is 187 Å². The molecule has 0 atom stereocenters. The first kappa shape index (κ1) is 22.0. The zero-order valence-electron chi connectivity index (χ0n) is 18.0. The first-order valence-electron chi connectivity index (χ1n) is 10.4. The molecule has 0 fully saturated rings. The predicted molar refractivity (Wildman–Crippen MR) is 127 cm³/mol. The molecule has 1 heterocycles. The van der Waals surface area contributed by atoms with Gasteiger partial charge in [-0.3, -0.25) is 4.79 Å². The van der Waals surface area contributed by atoms with Crippen LogP contribution in [0.3, 0.4) is 0 Å². The van der Waals surface area contributed by atoms with Crippen molar-refractivity contribution >= 4 is 43.4 Å². The highest BCUT2D eigenvalue weighted by molar-refractivity contribution is 7.89. The molecule has 0 unspecified atom stereocenters. The van der Waals surface area contributed by atoms with E-state index >= 15 is 0 Å². The number of ether oxygens (including phenoxy) is 1. The molecule has 32 heavy (non-hydrogen) atoms. The fourth-order valence-corrected chi connectivity index (χ4v) is 4.90. The topological polar surface area (TPSA) is 89.4 Å². The first-order valence-corrected chi connectivity index (χ1v) is 11.8. The second-order valence-electron chi connectivity index (χ2n) is 7.37. The summed E-state index contributed by atoms with van der Waals surface area (Å²) in [6.45, 7) is 3.36. The number of nitrogens with one attached hydrogen (secondary N) is 2. The van der Waals surface area contributed by atoms with Gasteiger partial charge < -0.3 is 14.6 Å². The van der Waals surface area contributed by atoms with Gasteiger partial charge in [0, 0.05) is 53.3 Å². The summed E-state index contributed by atoms with van der Waals surface area (Å²) in [5.74, 6) is -0.377. The molecule has 0 radical (unpaired) electrons. The summed E-state index contributed by atoms with van der Waals surface area (Å²) in [5.41, 5.74) is 3.15. The smallest absolute Gasteiger partial charge is 0.255 e. The molecule has 4 aromatic rings. The van der Waals surface area contributed by atoms with Crippen LogP contribution in [0, 0.1) is 0 Å². The molecule has 1 aromatic heterocycles. The number of hydrogen-bond acceptors (Lipinski definition) is 4. The van der Waals surface area contributed by atoms with Crippen LogP contribution in [0.25, 0.3) is 21.8 Å². The number of aromatic nitrogens is 1. The van der Waals surface area contributed by atoms with Crippen molar-refractivity contribution in [3.05, 3.63) is 72.3 Å². The van der Waals surface area contributed by atoms with Gasteiger partial charge in [0.25, 0.3) is 5.91 Å². The monoisotopic (exact) mass is 451 g/mol. The summed E-state index contributed by atoms with van der Waals surface area (Å²) in [5, 5.41) is 5.07. The number of benzene rings is 3. The van der Waals surface area contributed by atoms with Gasteiger partial charge in [-0.05, 0) is 49.4 Å². The SMILES string of the molecule is CCn1c2ccccc2c2cc(NC(=O)c3cccc(S(=O)(=O)NCCOC)c3)ccc21. The number of hydrogen-bond donors (Lipinski definition) is 2. The molecule has 0 bridgehead atoms. The normalized spacial score (nSPS) is 11.8. The van der Waals surface area contributed by atoms with Gasteiger partial charge in [-0.1, -0.05) is 24.3 Å². The molecule has 0 aliphatic carbocycles. The summed E-state index contributed by atoms with van der Waals surface area (Å²) < 4.78 is 34.4. The number of methoxy groups -OCH3 is 1. The zero-order chi connectivity index (χ0) is 22.7.